The Balaban J connectivity index is 1.83. The van der Waals surface area contributed by atoms with E-state index in [1.807, 2.05) is 0 Å². The molecule has 32 heavy (non-hydrogen) atoms. The quantitative estimate of drug-likeness (QED) is 0.452. The average molecular weight is 475 g/mol. The van der Waals surface area contributed by atoms with Crippen LogP contribution in [0.1, 0.15) is 42.5 Å². The fourth-order valence-electron chi connectivity index (χ4n) is 3.29. The molecule has 0 unspecified atom stereocenters. The zero-order valence-corrected chi connectivity index (χ0v) is 18.6. The largest absolute Gasteiger partial charge is 0.450 e. The van der Waals surface area contributed by atoms with Gasteiger partial charge in [-0.3, -0.25) is 19.4 Å². The summed E-state index contributed by atoms with van der Waals surface area (Å²) < 4.78 is 36.8. The summed E-state index contributed by atoms with van der Waals surface area (Å²) in [7, 11) is 0. The number of carbonyl (C=O) groups is 3. The number of nitrogens with zero attached hydrogens (tertiary/aromatic N) is 2. The van der Waals surface area contributed by atoms with Gasteiger partial charge in [-0.05, 0) is 56.7 Å². The van der Waals surface area contributed by atoms with Gasteiger partial charge >= 0.3 is 6.18 Å². The number of likely N-dealkylation sites (tertiary alicyclic amines) is 1. The molecule has 1 aromatic heterocycles. The molecule has 1 aliphatic rings. The molecule has 1 atom stereocenters. The smallest absolute Gasteiger partial charge is 0.353 e. The zero-order chi connectivity index (χ0) is 23.4. The van der Waals surface area contributed by atoms with Gasteiger partial charge in [0.05, 0.1) is 11.3 Å². The number of carbonyl (C=O) groups excluding carboxylic acids is 3. The molecule has 0 aromatic carbocycles. The third-order valence-electron chi connectivity index (χ3n) is 5.05. The van der Waals surface area contributed by atoms with Gasteiger partial charge in [-0.2, -0.15) is 24.9 Å². The van der Waals surface area contributed by atoms with Gasteiger partial charge in [0.25, 0.3) is 5.91 Å². The second-order valence-corrected chi connectivity index (χ2v) is 8.68. The molecule has 0 bridgehead atoms. The Morgan fingerprint density at radius 2 is 1.94 bits per heavy atom. The van der Waals surface area contributed by atoms with Crippen LogP contribution in [0.5, 0.6) is 0 Å². The second kappa shape index (κ2) is 13.4. The summed E-state index contributed by atoms with van der Waals surface area (Å²) in [5, 5.41) is 5.53. The summed E-state index contributed by atoms with van der Waals surface area (Å²) in [6.07, 6.45) is 2.21. The van der Waals surface area contributed by atoms with Gasteiger partial charge in [0.1, 0.15) is 6.04 Å². The monoisotopic (exact) mass is 474 g/mol. The van der Waals surface area contributed by atoms with Crippen molar-refractivity contribution in [2.45, 2.75) is 44.3 Å². The molecule has 1 saturated heterocycles. The number of piperidine rings is 1. The normalized spacial score (nSPS) is 15.7. The van der Waals surface area contributed by atoms with Gasteiger partial charge in [-0.1, -0.05) is 6.42 Å². The number of alkyl halides is 3. The van der Waals surface area contributed by atoms with Gasteiger partial charge < -0.3 is 15.5 Å². The van der Waals surface area contributed by atoms with E-state index >= 15 is 0 Å². The van der Waals surface area contributed by atoms with Crippen molar-refractivity contribution in [3.63, 3.8) is 0 Å². The van der Waals surface area contributed by atoms with Crippen molar-refractivity contribution in [1.82, 2.24) is 20.5 Å². The van der Waals surface area contributed by atoms with Crippen molar-refractivity contribution in [2.24, 2.45) is 0 Å². The zero-order valence-electron chi connectivity index (χ0n) is 17.8. The Kier molecular flexibility index (Phi) is 10.9. The van der Waals surface area contributed by atoms with Crippen LogP contribution in [0, 0.1) is 0 Å². The van der Waals surface area contributed by atoms with Crippen LogP contribution < -0.4 is 10.6 Å². The van der Waals surface area contributed by atoms with Crippen molar-refractivity contribution in [3.05, 3.63) is 30.1 Å². The number of rotatable bonds is 12. The van der Waals surface area contributed by atoms with Crippen LogP contribution in [0.15, 0.2) is 24.5 Å². The first kappa shape index (κ1) is 26.1. The first-order valence-electron chi connectivity index (χ1n) is 10.7. The van der Waals surface area contributed by atoms with Gasteiger partial charge in [-0.15, -0.1) is 0 Å². The Bertz CT molecular complexity index is 744. The lowest BCUT2D eigenvalue weighted by molar-refractivity contribution is -0.167. The number of thioether (sulfide) groups is 1. The van der Waals surface area contributed by atoms with Crippen LogP contribution in [0.25, 0.3) is 0 Å². The van der Waals surface area contributed by atoms with Crippen LogP contribution in [0.4, 0.5) is 13.2 Å². The molecule has 7 nitrogen and oxygen atoms in total. The summed E-state index contributed by atoms with van der Waals surface area (Å²) in [6.45, 7) is 3.19. The number of halogens is 3. The van der Waals surface area contributed by atoms with Crippen molar-refractivity contribution in [2.75, 3.05) is 37.7 Å². The van der Waals surface area contributed by atoms with Crippen molar-refractivity contribution in [3.8, 4) is 0 Å². The van der Waals surface area contributed by atoms with E-state index < -0.39 is 29.7 Å². The van der Waals surface area contributed by atoms with E-state index in [4.69, 9.17) is 0 Å². The minimum atomic E-state index is -4.83. The summed E-state index contributed by atoms with van der Waals surface area (Å²) in [5.41, 5.74) is 0.309. The molecule has 1 fully saturated rings. The van der Waals surface area contributed by atoms with E-state index in [-0.39, 0.29) is 18.1 Å². The van der Waals surface area contributed by atoms with Crippen LogP contribution in [0.2, 0.25) is 0 Å². The fourth-order valence-corrected chi connectivity index (χ4v) is 4.15. The maximum Gasteiger partial charge on any atom is 0.450 e. The molecule has 1 aliphatic heterocycles. The lowest BCUT2D eigenvalue weighted by Crippen LogP contribution is -2.48. The molecule has 2 rings (SSSR count). The summed E-state index contributed by atoms with van der Waals surface area (Å²) >= 11 is 0.863. The third kappa shape index (κ3) is 9.56. The molecule has 178 valence electrons. The highest BCUT2D eigenvalue weighted by atomic mass is 32.2. The Morgan fingerprint density at radius 1 is 1.19 bits per heavy atom. The number of aromatic nitrogens is 1. The molecule has 0 spiro atoms. The number of hydrogen-bond donors (Lipinski definition) is 2. The number of amides is 2. The highest BCUT2D eigenvalue weighted by Crippen LogP contribution is 2.19. The Hall–Kier alpha value is -2.14. The lowest BCUT2D eigenvalue weighted by Gasteiger charge is -2.26. The molecule has 2 amide bonds. The molecule has 2 heterocycles. The third-order valence-corrected chi connectivity index (χ3v) is 6.10. The molecule has 2 N–H and O–H groups in total. The van der Waals surface area contributed by atoms with Crippen LogP contribution in [-0.4, -0.2) is 77.4 Å². The van der Waals surface area contributed by atoms with Crippen molar-refractivity contribution >= 4 is 29.4 Å². The van der Waals surface area contributed by atoms with E-state index in [1.165, 1.54) is 18.8 Å². The van der Waals surface area contributed by atoms with Gasteiger partial charge in [0.15, 0.2) is 0 Å². The molecule has 0 radical (unpaired) electrons. The SMILES string of the molecule is O=C(N[C@@H](CCCSCC(=O)C(F)(F)F)C(=O)NCCN1CCCCC1)c1cccnc1. The Labute approximate surface area is 189 Å². The Morgan fingerprint density at radius 3 is 2.59 bits per heavy atom. The number of nitrogens with one attached hydrogen (secondary N) is 2. The van der Waals surface area contributed by atoms with E-state index in [0.29, 0.717) is 18.5 Å². The predicted octanol–water partition coefficient (Wildman–Crippen LogP) is 2.43. The number of hydrogen-bond acceptors (Lipinski definition) is 6. The van der Waals surface area contributed by atoms with Crippen molar-refractivity contribution in [1.29, 1.82) is 0 Å². The molecule has 11 heteroatoms. The van der Waals surface area contributed by atoms with E-state index in [9.17, 15) is 27.6 Å². The van der Waals surface area contributed by atoms with Gasteiger partial charge in [-0.25, -0.2) is 0 Å². The summed E-state index contributed by atoms with van der Waals surface area (Å²) in [5.74, 6) is -2.95. The molecule has 1 aromatic rings. The topological polar surface area (TPSA) is 91.4 Å². The highest BCUT2D eigenvalue weighted by Gasteiger charge is 2.37. The fraction of sp³-hybridized carbons (Fsp3) is 0.619. The second-order valence-electron chi connectivity index (χ2n) is 7.58. The average Bonchev–Trinajstić information content (AvgIpc) is 2.78. The predicted molar refractivity (Wildman–Crippen MR) is 116 cm³/mol. The van der Waals surface area contributed by atoms with Crippen LogP contribution in [-0.2, 0) is 9.59 Å². The van der Waals surface area contributed by atoms with E-state index in [0.717, 1.165) is 44.2 Å². The van der Waals surface area contributed by atoms with Gasteiger partial charge in [0.2, 0.25) is 11.7 Å². The molecular formula is C21H29F3N4O3S. The van der Waals surface area contributed by atoms with E-state index in [1.54, 1.807) is 12.1 Å². The van der Waals surface area contributed by atoms with Crippen LogP contribution in [0.3, 0.4) is 0 Å². The first-order valence-corrected chi connectivity index (χ1v) is 11.8. The summed E-state index contributed by atoms with van der Waals surface area (Å²) in [4.78, 5) is 42.3. The number of pyridine rings is 1. The summed E-state index contributed by atoms with van der Waals surface area (Å²) in [6, 6.07) is 2.35. The maximum atomic E-state index is 12.7. The lowest BCUT2D eigenvalue weighted by atomic mass is 10.1. The highest BCUT2D eigenvalue weighted by molar-refractivity contribution is 7.99. The minimum Gasteiger partial charge on any atom is -0.353 e. The molecule has 0 aliphatic carbocycles. The standard InChI is InChI=1S/C21H29F3N4O3S/c22-21(23,24)18(29)15-32-13-5-7-17(27-19(30)16-6-4-8-25-14-16)20(31)26-9-12-28-10-2-1-3-11-28/h4,6,8,14,17H,1-3,5,7,9-13,15H2,(H,26,31)(H,27,30)/t17-/m0/s1. The molecular weight excluding hydrogens is 445 g/mol. The van der Waals surface area contributed by atoms with E-state index in [2.05, 4.69) is 20.5 Å². The maximum absolute atomic E-state index is 12.7. The number of Topliss-reactive ketones (excluding diaryl/α,β-unsaturated/α-hetero) is 1. The van der Waals surface area contributed by atoms with Gasteiger partial charge in [0, 0.05) is 25.5 Å². The first-order chi connectivity index (χ1) is 15.3. The molecule has 0 saturated carbocycles. The minimum absolute atomic E-state index is 0.245. The van der Waals surface area contributed by atoms with Crippen molar-refractivity contribution < 1.29 is 27.6 Å². The number of ketones is 1. The van der Waals surface area contributed by atoms with Crippen LogP contribution >= 0.6 is 11.8 Å².